The lowest BCUT2D eigenvalue weighted by atomic mass is 9.99. The lowest BCUT2D eigenvalue weighted by molar-refractivity contribution is -0.143. The van der Waals surface area contributed by atoms with E-state index in [0.717, 1.165) is 0 Å². The third-order valence-electron chi connectivity index (χ3n) is 6.43. The Hall–Kier alpha value is -4.21. The highest BCUT2D eigenvalue weighted by Crippen LogP contribution is 2.39. The molecule has 37 heavy (non-hydrogen) atoms. The predicted octanol–water partition coefficient (Wildman–Crippen LogP) is 4.98. The summed E-state index contributed by atoms with van der Waals surface area (Å²) in [6, 6.07) is 15.0. The molecule has 1 aliphatic heterocycles. The first-order valence-corrected chi connectivity index (χ1v) is 11.6. The van der Waals surface area contributed by atoms with Crippen molar-refractivity contribution in [3.8, 4) is 0 Å². The number of carbonyl (C=O) groups is 2. The molecule has 3 aromatic carbocycles. The van der Waals surface area contributed by atoms with Crippen molar-refractivity contribution in [1.29, 1.82) is 0 Å². The Bertz CT molecular complexity index is 1480. The van der Waals surface area contributed by atoms with Gasteiger partial charge in [-0.2, -0.15) is 13.9 Å². The largest absolute Gasteiger partial charge is 0.345 e. The molecule has 4 aromatic rings. The summed E-state index contributed by atoms with van der Waals surface area (Å²) in [7, 11) is 0. The quantitative estimate of drug-likeness (QED) is 0.372. The molecule has 0 saturated carbocycles. The average molecular weight is 510 g/mol. The van der Waals surface area contributed by atoms with Crippen LogP contribution in [0.4, 0.5) is 23.2 Å². The van der Waals surface area contributed by atoms with Crippen molar-refractivity contribution >= 4 is 28.4 Å². The predicted molar refractivity (Wildman–Crippen MR) is 129 cm³/mol. The van der Waals surface area contributed by atoms with Crippen LogP contribution in [0.5, 0.6) is 0 Å². The SMILES string of the molecule is CC(F)(F)C(=O)N[C@@H]1CC(=O)N(c2ccc3c(cnn3Cc3ccccc3F)c2)[C@H]1c1ccc(F)cc1. The van der Waals surface area contributed by atoms with Crippen LogP contribution in [0, 0.1) is 11.6 Å². The fourth-order valence-electron chi connectivity index (χ4n) is 4.64. The zero-order chi connectivity index (χ0) is 26.3. The Balaban J connectivity index is 1.51. The minimum Gasteiger partial charge on any atom is -0.345 e. The van der Waals surface area contributed by atoms with E-state index in [0.29, 0.717) is 34.6 Å². The van der Waals surface area contributed by atoms with E-state index < -0.39 is 35.6 Å². The third-order valence-corrected chi connectivity index (χ3v) is 6.43. The Kier molecular flexibility index (Phi) is 6.18. The number of benzene rings is 3. The van der Waals surface area contributed by atoms with Crippen molar-refractivity contribution in [1.82, 2.24) is 15.1 Å². The molecular weight excluding hydrogens is 488 g/mol. The van der Waals surface area contributed by atoms with Crippen LogP contribution in [-0.4, -0.2) is 33.6 Å². The first-order chi connectivity index (χ1) is 17.6. The van der Waals surface area contributed by atoms with Crippen LogP contribution < -0.4 is 10.2 Å². The Morgan fingerprint density at radius 2 is 1.81 bits per heavy atom. The van der Waals surface area contributed by atoms with E-state index in [1.165, 1.54) is 35.2 Å². The molecule has 0 aliphatic carbocycles. The minimum atomic E-state index is -3.63. The van der Waals surface area contributed by atoms with Gasteiger partial charge < -0.3 is 10.2 Å². The van der Waals surface area contributed by atoms with Gasteiger partial charge in [-0.05, 0) is 42.0 Å². The number of anilines is 1. The molecule has 1 saturated heterocycles. The maximum Gasteiger partial charge on any atom is 0.321 e. The molecule has 2 heterocycles. The number of amides is 2. The van der Waals surface area contributed by atoms with E-state index in [2.05, 4.69) is 10.4 Å². The molecule has 1 fully saturated rings. The number of fused-ring (bicyclic) bond motifs is 1. The van der Waals surface area contributed by atoms with Gasteiger partial charge in [0.2, 0.25) is 5.91 Å². The molecule has 1 aromatic heterocycles. The molecule has 2 amide bonds. The fourth-order valence-corrected chi connectivity index (χ4v) is 4.64. The summed E-state index contributed by atoms with van der Waals surface area (Å²) in [4.78, 5) is 26.6. The first-order valence-electron chi connectivity index (χ1n) is 11.6. The molecule has 0 radical (unpaired) electrons. The van der Waals surface area contributed by atoms with E-state index in [1.807, 2.05) is 0 Å². The summed E-state index contributed by atoms with van der Waals surface area (Å²) in [6.07, 6.45) is 1.37. The molecule has 0 bridgehead atoms. The topological polar surface area (TPSA) is 67.2 Å². The summed E-state index contributed by atoms with van der Waals surface area (Å²) >= 11 is 0. The van der Waals surface area contributed by atoms with Gasteiger partial charge in [-0.25, -0.2) is 8.78 Å². The maximum atomic E-state index is 14.1. The second-order valence-corrected chi connectivity index (χ2v) is 9.07. The standard InChI is InChI=1S/C27H22F4N4O2/c1-27(30,31)26(37)33-22-13-24(36)35(25(22)16-6-8-19(28)9-7-16)20-10-11-23-18(12-20)14-32-34(23)15-17-4-2-3-5-21(17)29/h2-12,14,22,25H,13,15H2,1H3,(H,33,37)/t22-,25+/m1/s1. The van der Waals surface area contributed by atoms with E-state index >= 15 is 0 Å². The molecule has 190 valence electrons. The molecule has 1 aliphatic rings. The van der Waals surface area contributed by atoms with Gasteiger partial charge in [-0.1, -0.05) is 30.3 Å². The van der Waals surface area contributed by atoms with Crippen LogP contribution >= 0.6 is 0 Å². The van der Waals surface area contributed by atoms with Crippen LogP contribution in [-0.2, 0) is 16.1 Å². The van der Waals surface area contributed by atoms with Crippen LogP contribution in [0.3, 0.4) is 0 Å². The van der Waals surface area contributed by atoms with Gasteiger partial charge in [0.1, 0.15) is 11.6 Å². The van der Waals surface area contributed by atoms with Gasteiger partial charge in [-0.3, -0.25) is 14.3 Å². The normalized spacial score (nSPS) is 18.0. The van der Waals surface area contributed by atoms with Gasteiger partial charge >= 0.3 is 5.92 Å². The number of nitrogens with one attached hydrogen (secondary N) is 1. The minimum absolute atomic E-state index is 0.204. The summed E-state index contributed by atoms with van der Waals surface area (Å²) < 4.78 is 56.6. The molecule has 5 rings (SSSR count). The monoisotopic (exact) mass is 510 g/mol. The number of rotatable bonds is 6. The molecule has 2 atom stereocenters. The smallest absolute Gasteiger partial charge is 0.321 e. The van der Waals surface area contributed by atoms with Crippen LogP contribution in [0.15, 0.2) is 72.9 Å². The third kappa shape index (κ3) is 4.78. The van der Waals surface area contributed by atoms with E-state index in [-0.39, 0.29) is 18.8 Å². The molecule has 10 heteroatoms. The van der Waals surface area contributed by atoms with E-state index in [1.54, 1.807) is 47.3 Å². The Morgan fingerprint density at radius 3 is 2.51 bits per heavy atom. The summed E-state index contributed by atoms with van der Waals surface area (Å²) in [5.74, 6) is -6.36. The first kappa shape index (κ1) is 24.5. The highest BCUT2D eigenvalue weighted by Gasteiger charge is 2.45. The van der Waals surface area contributed by atoms with Crippen LogP contribution in [0.1, 0.15) is 30.5 Å². The van der Waals surface area contributed by atoms with Crippen molar-refractivity contribution in [2.45, 2.75) is 37.9 Å². The van der Waals surface area contributed by atoms with Crippen molar-refractivity contribution in [2.24, 2.45) is 0 Å². The number of aromatic nitrogens is 2. The maximum absolute atomic E-state index is 14.1. The highest BCUT2D eigenvalue weighted by atomic mass is 19.3. The Morgan fingerprint density at radius 1 is 1.08 bits per heavy atom. The highest BCUT2D eigenvalue weighted by molar-refractivity contribution is 6.00. The lowest BCUT2D eigenvalue weighted by Gasteiger charge is -2.29. The number of halogens is 4. The molecule has 0 unspecified atom stereocenters. The van der Waals surface area contributed by atoms with Crippen molar-refractivity contribution in [3.63, 3.8) is 0 Å². The summed E-state index contributed by atoms with van der Waals surface area (Å²) in [5.41, 5.74) is 2.10. The van der Waals surface area contributed by atoms with Crippen molar-refractivity contribution < 1.29 is 27.2 Å². The van der Waals surface area contributed by atoms with E-state index in [9.17, 15) is 27.2 Å². The second kappa shape index (κ2) is 9.34. The summed E-state index contributed by atoms with van der Waals surface area (Å²) in [5, 5.41) is 7.31. The van der Waals surface area contributed by atoms with Crippen molar-refractivity contribution in [2.75, 3.05) is 4.90 Å². The molecule has 6 nitrogen and oxygen atoms in total. The number of hydrogen-bond donors (Lipinski definition) is 1. The van der Waals surface area contributed by atoms with Crippen LogP contribution in [0.2, 0.25) is 0 Å². The number of hydrogen-bond acceptors (Lipinski definition) is 3. The van der Waals surface area contributed by atoms with Gasteiger partial charge in [-0.15, -0.1) is 0 Å². The van der Waals surface area contributed by atoms with Gasteiger partial charge in [0.15, 0.2) is 0 Å². The number of nitrogens with zero attached hydrogens (tertiary/aromatic N) is 3. The molecule has 0 spiro atoms. The van der Waals surface area contributed by atoms with Gasteiger partial charge in [0.05, 0.1) is 30.3 Å². The van der Waals surface area contributed by atoms with Gasteiger partial charge in [0.25, 0.3) is 5.91 Å². The lowest BCUT2D eigenvalue weighted by Crippen LogP contribution is -2.46. The Labute approximate surface area is 209 Å². The molecule has 1 N–H and O–H groups in total. The van der Waals surface area contributed by atoms with Crippen molar-refractivity contribution in [3.05, 3.63) is 95.7 Å². The fraction of sp³-hybridized carbons (Fsp3) is 0.222. The van der Waals surface area contributed by atoms with E-state index in [4.69, 9.17) is 0 Å². The number of alkyl halides is 2. The zero-order valence-electron chi connectivity index (χ0n) is 19.7. The van der Waals surface area contributed by atoms with Crippen LogP contribution in [0.25, 0.3) is 10.9 Å². The summed E-state index contributed by atoms with van der Waals surface area (Å²) in [6.45, 7) is 0.687. The zero-order valence-corrected chi connectivity index (χ0v) is 19.7. The molecular formula is C27H22F4N4O2. The second-order valence-electron chi connectivity index (χ2n) is 9.07. The number of carbonyl (C=O) groups excluding carboxylic acids is 2. The average Bonchev–Trinajstić information content (AvgIpc) is 3.40. The van der Waals surface area contributed by atoms with Gasteiger partial charge in [0, 0.05) is 30.0 Å².